The molecule has 0 aliphatic rings. The van der Waals surface area contributed by atoms with Gasteiger partial charge in [0.25, 0.3) is 5.56 Å². The molecule has 0 aliphatic carbocycles. The minimum Gasteiger partial charge on any atom is -0.355 e. The molecular formula is C19H22FN5O2S. The van der Waals surface area contributed by atoms with Gasteiger partial charge in [-0.05, 0) is 30.0 Å². The molecule has 1 aromatic carbocycles. The normalized spacial score (nSPS) is 11.3. The highest BCUT2D eigenvalue weighted by Gasteiger charge is 2.13. The molecule has 3 aromatic rings. The fourth-order valence-corrected chi connectivity index (χ4v) is 3.34. The Morgan fingerprint density at radius 3 is 2.68 bits per heavy atom. The molecule has 0 radical (unpaired) electrons. The molecule has 0 fully saturated rings. The van der Waals surface area contributed by atoms with Gasteiger partial charge < -0.3 is 9.88 Å². The van der Waals surface area contributed by atoms with Crippen LogP contribution in [-0.4, -0.2) is 37.4 Å². The highest BCUT2D eigenvalue weighted by atomic mass is 32.2. The number of aromatic nitrogens is 4. The fourth-order valence-electron chi connectivity index (χ4n) is 2.59. The van der Waals surface area contributed by atoms with Crippen LogP contribution in [0.3, 0.4) is 0 Å². The first kappa shape index (κ1) is 20.1. The number of benzene rings is 1. The summed E-state index contributed by atoms with van der Waals surface area (Å²) < 4.78 is 16.1. The van der Waals surface area contributed by atoms with Crippen LogP contribution in [0.4, 0.5) is 4.39 Å². The molecule has 0 unspecified atom stereocenters. The predicted octanol–water partition coefficient (Wildman–Crippen LogP) is 2.33. The Morgan fingerprint density at radius 1 is 1.21 bits per heavy atom. The summed E-state index contributed by atoms with van der Waals surface area (Å²) in [5, 5.41) is 11.3. The smallest absolute Gasteiger partial charge is 0.296 e. The van der Waals surface area contributed by atoms with Gasteiger partial charge in [-0.25, -0.2) is 4.39 Å². The first-order valence-electron chi connectivity index (χ1n) is 9.02. The van der Waals surface area contributed by atoms with Crippen molar-refractivity contribution in [3.05, 3.63) is 58.4 Å². The van der Waals surface area contributed by atoms with Crippen LogP contribution in [-0.2, 0) is 11.3 Å². The van der Waals surface area contributed by atoms with Crippen molar-refractivity contribution in [3.8, 4) is 0 Å². The van der Waals surface area contributed by atoms with Gasteiger partial charge in [0, 0.05) is 18.9 Å². The lowest BCUT2D eigenvalue weighted by Gasteiger charge is -2.07. The van der Waals surface area contributed by atoms with Gasteiger partial charge >= 0.3 is 0 Å². The number of thioether (sulfide) groups is 1. The van der Waals surface area contributed by atoms with E-state index in [1.54, 1.807) is 28.9 Å². The van der Waals surface area contributed by atoms with E-state index in [0.717, 1.165) is 12.0 Å². The summed E-state index contributed by atoms with van der Waals surface area (Å²) in [5.41, 5.74) is 0.694. The Kier molecular flexibility index (Phi) is 6.45. The topological polar surface area (TPSA) is 81.3 Å². The summed E-state index contributed by atoms with van der Waals surface area (Å²) in [5.74, 6) is 0.341. The molecule has 0 bridgehead atoms. The first-order chi connectivity index (χ1) is 13.4. The lowest BCUT2D eigenvalue weighted by molar-refractivity contribution is -0.118. The van der Waals surface area contributed by atoms with Crippen LogP contribution < -0.4 is 10.9 Å². The standard InChI is InChI=1S/C19H22FN5O2S/c1-13(2)7-8-21-16(26)12-28-19-23-22-17-18(27)24(9-10-25(17)19)11-14-3-5-15(20)6-4-14/h3-6,9-10,13H,7-8,11-12H2,1-2H3,(H,21,26). The van der Waals surface area contributed by atoms with Gasteiger partial charge in [0.1, 0.15) is 5.82 Å². The van der Waals surface area contributed by atoms with Gasteiger partial charge in [0.15, 0.2) is 5.16 Å². The second kappa shape index (κ2) is 9.01. The number of halogens is 1. The van der Waals surface area contributed by atoms with E-state index in [1.807, 2.05) is 0 Å². The molecule has 9 heteroatoms. The second-order valence-corrected chi connectivity index (χ2v) is 7.80. The van der Waals surface area contributed by atoms with Gasteiger partial charge in [-0.15, -0.1) is 10.2 Å². The number of carbonyl (C=O) groups excluding carboxylic acids is 1. The third-order valence-electron chi connectivity index (χ3n) is 4.15. The van der Waals surface area contributed by atoms with Gasteiger partial charge in [-0.2, -0.15) is 0 Å². The fraction of sp³-hybridized carbons (Fsp3) is 0.368. The summed E-state index contributed by atoms with van der Waals surface area (Å²) in [7, 11) is 0. The van der Waals surface area contributed by atoms with Gasteiger partial charge in [-0.3, -0.25) is 14.0 Å². The van der Waals surface area contributed by atoms with Crippen molar-refractivity contribution in [2.75, 3.05) is 12.3 Å². The molecule has 1 N–H and O–H groups in total. The number of fused-ring (bicyclic) bond motifs is 1. The zero-order chi connectivity index (χ0) is 20.1. The Labute approximate surface area is 166 Å². The Bertz CT molecular complexity index is 1010. The number of carbonyl (C=O) groups is 1. The molecule has 3 rings (SSSR count). The van der Waals surface area contributed by atoms with E-state index in [4.69, 9.17) is 0 Å². The van der Waals surface area contributed by atoms with Gasteiger partial charge in [0.05, 0.1) is 12.3 Å². The molecule has 0 aliphatic heterocycles. The maximum Gasteiger partial charge on any atom is 0.296 e. The quantitative estimate of drug-likeness (QED) is 0.584. The number of amides is 1. The van der Waals surface area contributed by atoms with E-state index < -0.39 is 0 Å². The minimum absolute atomic E-state index is 0.0768. The highest BCUT2D eigenvalue weighted by molar-refractivity contribution is 7.99. The van der Waals surface area contributed by atoms with Crippen molar-refractivity contribution in [1.82, 2.24) is 24.5 Å². The van der Waals surface area contributed by atoms with Crippen LogP contribution >= 0.6 is 11.8 Å². The molecule has 1 amide bonds. The van der Waals surface area contributed by atoms with E-state index in [0.29, 0.717) is 24.2 Å². The van der Waals surface area contributed by atoms with Crippen LogP contribution in [0.25, 0.3) is 5.65 Å². The van der Waals surface area contributed by atoms with Crippen LogP contribution in [0.5, 0.6) is 0 Å². The number of hydrogen-bond acceptors (Lipinski definition) is 5. The summed E-state index contributed by atoms with van der Waals surface area (Å²) in [4.78, 5) is 24.6. The second-order valence-electron chi connectivity index (χ2n) is 6.85. The van der Waals surface area contributed by atoms with Crippen LogP contribution in [0.1, 0.15) is 25.8 Å². The van der Waals surface area contributed by atoms with Crippen LogP contribution in [0, 0.1) is 11.7 Å². The summed E-state index contributed by atoms with van der Waals surface area (Å²) in [6, 6.07) is 5.98. The molecule has 0 saturated heterocycles. The molecule has 0 spiro atoms. The summed E-state index contributed by atoms with van der Waals surface area (Å²) >= 11 is 1.23. The SMILES string of the molecule is CC(C)CCNC(=O)CSc1nnc2c(=O)n(Cc3ccc(F)cc3)ccn12. The summed E-state index contributed by atoms with van der Waals surface area (Å²) in [6.07, 6.45) is 4.26. The van der Waals surface area contributed by atoms with E-state index in [-0.39, 0.29) is 28.7 Å². The van der Waals surface area contributed by atoms with E-state index in [1.165, 1.54) is 28.5 Å². The lowest BCUT2D eigenvalue weighted by Crippen LogP contribution is -2.27. The molecule has 2 aromatic heterocycles. The molecule has 0 atom stereocenters. The predicted molar refractivity (Wildman–Crippen MR) is 106 cm³/mol. The first-order valence-corrected chi connectivity index (χ1v) is 10.0. The molecular weight excluding hydrogens is 381 g/mol. The third kappa shape index (κ3) is 4.98. The molecule has 2 heterocycles. The van der Waals surface area contributed by atoms with Gasteiger partial charge in [-0.1, -0.05) is 37.7 Å². The summed E-state index contributed by atoms with van der Waals surface area (Å²) in [6.45, 7) is 5.16. The van der Waals surface area contributed by atoms with Crippen LogP contribution in [0.15, 0.2) is 46.6 Å². The monoisotopic (exact) mass is 403 g/mol. The van der Waals surface area contributed by atoms with E-state index in [2.05, 4.69) is 29.4 Å². The number of nitrogens with zero attached hydrogens (tertiary/aromatic N) is 4. The molecule has 0 saturated carbocycles. The molecule has 7 nitrogen and oxygen atoms in total. The van der Waals surface area contributed by atoms with E-state index >= 15 is 0 Å². The van der Waals surface area contributed by atoms with Crippen molar-refractivity contribution in [3.63, 3.8) is 0 Å². The number of hydrogen-bond donors (Lipinski definition) is 1. The van der Waals surface area contributed by atoms with Crippen molar-refractivity contribution in [2.24, 2.45) is 5.92 Å². The zero-order valence-corrected chi connectivity index (χ0v) is 16.6. The minimum atomic E-state index is -0.320. The Balaban J connectivity index is 1.68. The lowest BCUT2D eigenvalue weighted by atomic mass is 10.1. The van der Waals surface area contributed by atoms with E-state index in [9.17, 15) is 14.0 Å². The zero-order valence-electron chi connectivity index (χ0n) is 15.8. The van der Waals surface area contributed by atoms with Crippen LogP contribution in [0.2, 0.25) is 0 Å². The Hall–Kier alpha value is -2.68. The van der Waals surface area contributed by atoms with Crippen molar-refractivity contribution >= 4 is 23.3 Å². The molecule has 28 heavy (non-hydrogen) atoms. The average Bonchev–Trinajstić information content (AvgIpc) is 3.07. The van der Waals surface area contributed by atoms with Crippen molar-refractivity contribution in [2.45, 2.75) is 32.0 Å². The highest BCUT2D eigenvalue weighted by Crippen LogP contribution is 2.15. The maximum absolute atomic E-state index is 13.0. The van der Waals surface area contributed by atoms with Crippen molar-refractivity contribution in [1.29, 1.82) is 0 Å². The van der Waals surface area contributed by atoms with Crippen molar-refractivity contribution < 1.29 is 9.18 Å². The maximum atomic E-state index is 13.0. The number of nitrogens with one attached hydrogen (secondary N) is 1. The Morgan fingerprint density at radius 2 is 1.96 bits per heavy atom. The molecule has 148 valence electrons. The number of rotatable bonds is 8. The third-order valence-corrected chi connectivity index (χ3v) is 5.10. The largest absolute Gasteiger partial charge is 0.355 e. The van der Waals surface area contributed by atoms with Gasteiger partial charge in [0.2, 0.25) is 11.6 Å². The average molecular weight is 403 g/mol.